The molecule has 3 unspecified atom stereocenters. The number of likely N-dealkylation sites (tertiary alicyclic amines) is 1. The van der Waals surface area contributed by atoms with E-state index in [4.69, 9.17) is 11.6 Å². The summed E-state index contributed by atoms with van der Waals surface area (Å²) in [5, 5.41) is 5.42. The zero-order chi connectivity index (χ0) is 33.4. The molecule has 0 bridgehead atoms. The molecule has 2 fully saturated rings. The Morgan fingerprint density at radius 3 is 2.17 bits per heavy atom. The van der Waals surface area contributed by atoms with Crippen molar-refractivity contribution in [1.29, 1.82) is 0 Å². The van der Waals surface area contributed by atoms with E-state index in [2.05, 4.69) is 10.6 Å². The number of carbonyl (C=O) groups excluding carboxylic acids is 2. The summed E-state index contributed by atoms with van der Waals surface area (Å²) < 4.78 is 98.6. The maximum Gasteiger partial charge on any atom is 0.416 e. The molecule has 2 aliphatic rings. The highest BCUT2D eigenvalue weighted by molar-refractivity contribution is 6.33. The standard InChI is InChI=1S/C33H31ClF7N3O2/c1-18-9-12-23(16-25(18)33(39,40)41)43-30(45)24-15-20(32(36,37)38)17-44(31(46)28-26(34)7-4-8-27(28)35)29(24)19-10-13-22(14-11-19)42-21-5-2-3-6-21/h4,7-14,16,20-21,24,29,42H,2-3,5-6,15,17H2,1H3,(H,43,45). The highest BCUT2D eigenvalue weighted by Crippen LogP contribution is 2.46. The first-order chi connectivity index (χ1) is 21.6. The number of alkyl halides is 6. The second kappa shape index (κ2) is 13.1. The number of carbonyl (C=O) groups is 2. The third-order valence-electron chi connectivity index (χ3n) is 8.70. The number of hydrogen-bond acceptors (Lipinski definition) is 3. The molecule has 3 aromatic carbocycles. The minimum atomic E-state index is -4.86. The Hall–Kier alpha value is -3.80. The smallest absolute Gasteiger partial charge is 0.382 e. The van der Waals surface area contributed by atoms with E-state index < -0.39 is 72.0 Å². The van der Waals surface area contributed by atoms with E-state index >= 15 is 0 Å². The highest BCUT2D eigenvalue weighted by atomic mass is 35.5. The third kappa shape index (κ3) is 7.27. The van der Waals surface area contributed by atoms with E-state index in [1.807, 2.05) is 0 Å². The Balaban J connectivity index is 1.57. The number of piperidine rings is 1. The number of halogens is 8. The van der Waals surface area contributed by atoms with Gasteiger partial charge in [0, 0.05) is 24.0 Å². The van der Waals surface area contributed by atoms with Crippen molar-refractivity contribution in [1.82, 2.24) is 4.90 Å². The fraction of sp³-hybridized carbons (Fsp3) is 0.394. The van der Waals surface area contributed by atoms with Crippen LogP contribution in [-0.4, -0.2) is 35.5 Å². The number of nitrogens with zero attached hydrogens (tertiary/aromatic N) is 1. The Morgan fingerprint density at radius 2 is 1.57 bits per heavy atom. The van der Waals surface area contributed by atoms with Crippen molar-refractivity contribution in [3.63, 3.8) is 0 Å². The van der Waals surface area contributed by atoms with Gasteiger partial charge in [-0.3, -0.25) is 9.59 Å². The Kier molecular flexibility index (Phi) is 9.58. The minimum absolute atomic E-state index is 0.108. The van der Waals surface area contributed by atoms with Gasteiger partial charge in [0.25, 0.3) is 5.91 Å². The Labute approximate surface area is 266 Å². The molecular formula is C33H31ClF7N3O2. The lowest BCUT2D eigenvalue weighted by Gasteiger charge is -2.45. The zero-order valence-electron chi connectivity index (χ0n) is 24.6. The van der Waals surface area contributed by atoms with Crippen LogP contribution in [0.15, 0.2) is 60.7 Å². The maximum atomic E-state index is 14.9. The normalized spacial score (nSPS) is 20.9. The van der Waals surface area contributed by atoms with Crippen LogP contribution >= 0.6 is 11.6 Å². The summed E-state index contributed by atoms with van der Waals surface area (Å²) in [6.07, 6.45) is -6.25. The Bertz CT molecular complexity index is 1570. The molecular weight excluding hydrogens is 639 g/mol. The van der Waals surface area contributed by atoms with Gasteiger partial charge in [0.05, 0.1) is 34.0 Å². The van der Waals surface area contributed by atoms with Crippen LogP contribution in [0.25, 0.3) is 0 Å². The van der Waals surface area contributed by atoms with Gasteiger partial charge in [-0.1, -0.05) is 48.7 Å². The summed E-state index contributed by atoms with van der Waals surface area (Å²) in [7, 11) is 0. The summed E-state index contributed by atoms with van der Waals surface area (Å²) in [5.74, 6) is -7.01. The number of nitrogens with one attached hydrogen (secondary N) is 2. The predicted molar refractivity (Wildman–Crippen MR) is 160 cm³/mol. The molecule has 13 heteroatoms. The van der Waals surface area contributed by atoms with Crippen LogP contribution in [0.3, 0.4) is 0 Å². The number of aryl methyl sites for hydroxylation is 1. The summed E-state index contributed by atoms with van der Waals surface area (Å²) in [6, 6.07) is 11.9. The molecule has 0 aromatic heterocycles. The second-order valence-electron chi connectivity index (χ2n) is 11.8. The average molecular weight is 670 g/mol. The molecule has 246 valence electrons. The predicted octanol–water partition coefficient (Wildman–Crippen LogP) is 9.18. The largest absolute Gasteiger partial charge is 0.416 e. The molecule has 5 nitrogen and oxygen atoms in total. The molecule has 1 heterocycles. The van der Waals surface area contributed by atoms with Crippen LogP contribution < -0.4 is 10.6 Å². The first kappa shape index (κ1) is 33.6. The van der Waals surface area contributed by atoms with Crippen molar-refractivity contribution in [2.75, 3.05) is 17.2 Å². The van der Waals surface area contributed by atoms with Crippen LogP contribution in [0.4, 0.5) is 42.1 Å². The molecule has 3 atom stereocenters. The number of anilines is 2. The molecule has 1 saturated carbocycles. The summed E-state index contributed by atoms with van der Waals surface area (Å²) in [6.45, 7) is 0.342. The van der Waals surface area contributed by atoms with E-state index in [1.54, 1.807) is 24.3 Å². The van der Waals surface area contributed by atoms with Gasteiger partial charge in [-0.2, -0.15) is 26.3 Å². The maximum absolute atomic E-state index is 14.9. The molecule has 1 aliphatic carbocycles. The lowest BCUT2D eigenvalue weighted by molar-refractivity contribution is -0.193. The second-order valence-corrected chi connectivity index (χ2v) is 12.3. The molecule has 5 rings (SSSR count). The van der Waals surface area contributed by atoms with Crippen molar-refractivity contribution in [3.05, 3.63) is 93.8 Å². The van der Waals surface area contributed by atoms with Gasteiger partial charge < -0.3 is 15.5 Å². The third-order valence-corrected chi connectivity index (χ3v) is 9.01. The van der Waals surface area contributed by atoms with Crippen molar-refractivity contribution >= 4 is 34.8 Å². The van der Waals surface area contributed by atoms with Crippen molar-refractivity contribution in [2.45, 2.75) is 63.5 Å². The lowest BCUT2D eigenvalue weighted by Crippen LogP contribution is -2.52. The molecule has 1 saturated heterocycles. The van der Waals surface area contributed by atoms with E-state index in [-0.39, 0.29) is 22.3 Å². The van der Waals surface area contributed by atoms with Gasteiger partial charge in [0.15, 0.2) is 0 Å². The first-order valence-corrected chi connectivity index (χ1v) is 15.2. The average Bonchev–Trinajstić information content (AvgIpc) is 3.50. The Morgan fingerprint density at radius 1 is 0.913 bits per heavy atom. The van der Waals surface area contributed by atoms with Crippen molar-refractivity contribution < 1.29 is 40.3 Å². The number of amides is 2. The highest BCUT2D eigenvalue weighted by Gasteiger charge is 2.52. The topological polar surface area (TPSA) is 61.4 Å². The van der Waals surface area contributed by atoms with E-state index in [9.17, 15) is 40.3 Å². The number of rotatable bonds is 6. The van der Waals surface area contributed by atoms with E-state index in [0.717, 1.165) is 48.4 Å². The molecule has 0 spiro atoms. The van der Waals surface area contributed by atoms with E-state index in [0.29, 0.717) is 11.6 Å². The van der Waals surface area contributed by atoms with Gasteiger partial charge in [0.1, 0.15) is 5.82 Å². The van der Waals surface area contributed by atoms with Gasteiger partial charge in [-0.15, -0.1) is 0 Å². The van der Waals surface area contributed by atoms with Gasteiger partial charge >= 0.3 is 12.4 Å². The van der Waals surface area contributed by atoms with Crippen LogP contribution in [0.2, 0.25) is 5.02 Å². The summed E-state index contributed by atoms with van der Waals surface area (Å²) >= 11 is 6.15. The van der Waals surface area contributed by atoms with Crippen LogP contribution in [0.1, 0.15) is 65.2 Å². The monoisotopic (exact) mass is 669 g/mol. The van der Waals surface area contributed by atoms with Gasteiger partial charge in [-0.05, 0) is 73.7 Å². The zero-order valence-corrected chi connectivity index (χ0v) is 25.4. The molecule has 0 radical (unpaired) electrons. The van der Waals surface area contributed by atoms with Crippen LogP contribution in [0.5, 0.6) is 0 Å². The van der Waals surface area contributed by atoms with Crippen LogP contribution in [-0.2, 0) is 11.0 Å². The summed E-state index contributed by atoms with van der Waals surface area (Å²) in [5.41, 5.74) is -1.03. The first-order valence-electron chi connectivity index (χ1n) is 14.8. The molecule has 1 aliphatic heterocycles. The molecule has 2 N–H and O–H groups in total. The van der Waals surface area contributed by atoms with Gasteiger partial charge in [0.2, 0.25) is 5.91 Å². The SMILES string of the molecule is Cc1ccc(NC(=O)C2CC(C(F)(F)F)CN(C(=O)c3c(F)cccc3Cl)C2c2ccc(NC3CCCC3)cc2)cc1C(F)(F)F. The van der Waals surface area contributed by atoms with E-state index in [1.165, 1.54) is 25.1 Å². The molecule has 46 heavy (non-hydrogen) atoms. The summed E-state index contributed by atoms with van der Waals surface area (Å²) in [4.78, 5) is 28.5. The van der Waals surface area contributed by atoms with Crippen LogP contribution in [0, 0.1) is 24.6 Å². The van der Waals surface area contributed by atoms with Crippen molar-refractivity contribution in [3.8, 4) is 0 Å². The fourth-order valence-electron chi connectivity index (χ4n) is 6.36. The number of hydrogen-bond donors (Lipinski definition) is 2. The minimum Gasteiger partial charge on any atom is -0.382 e. The lowest BCUT2D eigenvalue weighted by atomic mass is 9.78. The molecule has 2 amide bonds. The quantitative estimate of drug-likeness (QED) is 0.257. The van der Waals surface area contributed by atoms with Crippen molar-refractivity contribution in [2.24, 2.45) is 11.8 Å². The fourth-order valence-corrected chi connectivity index (χ4v) is 6.60. The molecule has 3 aromatic rings. The van der Waals surface area contributed by atoms with Gasteiger partial charge in [-0.25, -0.2) is 4.39 Å². The number of benzene rings is 3.